The summed E-state index contributed by atoms with van der Waals surface area (Å²) in [5, 5.41) is 0. The molecule has 0 saturated carbocycles. The molecule has 1 saturated heterocycles. The molecule has 1 rings (SSSR count). The van der Waals surface area contributed by atoms with Crippen LogP contribution in [0.2, 0.25) is 0 Å². The minimum Gasteiger partial charge on any atom is -0.329 e. The molecule has 0 aromatic heterocycles. The fourth-order valence-electron chi connectivity index (χ4n) is 3.62. The van der Waals surface area contributed by atoms with Crippen LogP contribution in [-0.2, 0) is 0 Å². The first-order chi connectivity index (χ1) is 8.74. The summed E-state index contributed by atoms with van der Waals surface area (Å²) in [7, 11) is 0. The van der Waals surface area contributed by atoms with E-state index in [0.29, 0.717) is 0 Å². The highest BCUT2D eigenvalue weighted by Crippen LogP contribution is 2.32. The number of nitrogens with zero attached hydrogens (tertiary/aromatic N) is 1. The molecule has 1 fully saturated rings. The summed E-state index contributed by atoms with van der Waals surface area (Å²) < 4.78 is 0. The molecule has 1 aliphatic rings. The predicted octanol–water partition coefficient (Wildman–Crippen LogP) is 3.94. The van der Waals surface area contributed by atoms with E-state index in [1.807, 2.05) is 0 Å². The van der Waals surface area contributed by atoms with Crippen molar-refractivity contribution in [1.29, 1.82) is 0 Å². The predicted molar refractivity (Wildman–Crippen MR) is 80.9 cm³/mol. The maximum atomic E-state index is 6.22. The molecule has 0 bridgehead atoms. The smallest absolute Gasteiger partial charge is 0.0332 e. The molecule has 2 nitrogen and oxygen atoms in total. The molecule has 2 atom stereocenters. The molecule has 1 heterocycles. The Morgan fingerprint density at radius 1 is 1.17 bits per heavy atom. The van der Waals surface area contributed by atoms with Gasteiger partial charge in [0.15, 0.2) is 0 Å². The number of hydrogen-bond donors (Lipinski definition) is 1. The Balaban J connectivity index is 2.84. The normalized spacial score (nSPS) is 25.7. The molecule has 2 N–H and O–H groups in total. The zero-order chi connectivity index (χ0) is 13.4. The summed E-state index contributed by atoms with van der Waals surface area (Å²) in [6.45, 7) is 9.07. The number of likely N-dealkylation sites (tertiary alicyclic amines) is 1. The SMILES string of the molecule is CCCCC(CC)(CN)N1CCCCCC1CC. The van der Waals surface area contributed by atoms with Gasteiger partial charge in [-0.3, -0.25) is 4.90 Å². The maximum Gasteiger partial charge on any atom is 0.0332 e. The van der Waals surface area contributed by atoms with Gasteiger partial charge in [-0.25, -0.2) is 0 Å². The van der Waals surface area contributed by atoms with Crippen LogP contribution in [-0.4, -0.2) is 29.6 Å². The molecule has 0 amide bonds. The molecule has 108 valence electrons. The summed E-state index contributed by atoms with van der Waals surface area (Å²) >= 11 is 0. The Kier molecular flexibility index (Phi) is 7.25. The highest BCUT2D eigenvalue weighted by molar-refractivity contribution is 4.94. The summed E-state index contributed by atoms with van der Waals surface area (Å²) in [4.78, 5) is 2.80. The van der Waals surface area contributed by atoms with E-state index < -0.39 is 0 Å². The summed E-state index contributed by atoms with van der Waals surface area (Å²) in [5.41, 5.74) is 6.49. The van der Waals surface area contributed by atoms with E-state index >= 15 is 0 Å². The van der Waals surface area contributed by atoms with E-state index in [1.165, 1.54) is 64.3 Å². The van der Waals surface area contributed by atoms with Gasteiger partial charge in [0.05, 0.1) is 0 Å². The van der Waals surface area contributed by atoms with Crippen LogP contribution < -0.4 is 5.73 Å². The topological polar surface area (TPSA) is 29.3 Å². The van der Waals surface area contributed by atoms with Crippen molar-refractivity contribution in [3.63, 3.8) is 0 Å². The van der Waals surface area contributed by atoms with Gasteiger partial charge in [0.25, 0.3) is 0 Å². The lowest BCUT2D eigenvalue weighted by Crippen LogP contribution is -2.57. The minimum atomic E-state index is 0.279. The highest BCUT2D eigenvalue weighted by Gasteiger charge is 2.37. The van der Waals surface area contributed by atoms with Crippen molar-refractivity contribution in [3.8, 4) is 0 Å². The van der Waals surface area contributed by atoms with Gasteiger partial charge in [-0.1, -0.05) is 46.5 Å². The second-order valence-electron chi connectivity index (χ2n) is 5.99. The summed E-state index contributed by atoms with van der Waals surface area (Å²) in [6, 6.07) is 0.771. The van der Waals surface area contributed by atoms with Crippen LogP contribution in [0, 0.1) is 0 Å². The zero-order valence-electron chi connectivity index (χ0n) is 12.9. The largest absolute Gasteiger partial charge is 0.329 e. The first kappa shape index (κ1) is 16.0. The third-order valence-electron chi connectivity index (χ3n) is 4.99. The third kappa shape index (κ3) is 3.71. The zero-order valence-corrected chi connectivity index (χ0v) is 12.9. The lowest BCUT2D eigenvalue weighted by Gasteiger charge is -2.47. The first-order valence-electron chi connectivity index (χ1n) is 8.20. The quantitative estimate of drug-likeness (QED) is 0.745. The maximum absolute atomic E-state index is 6.22. The molecule has 1 aliphatic heterocycles. The first-order valence-corrected chi connectivity index (χ1v) is 8.20. The Labute approximate surface area is 114 Å². The van der Waals surface area contributed by atoms with Crippen molar-refractivity contribution in [3.05, 3.63) is 0 Å². The van der Waals surface area contributed by atoms with Gasteiger partial charge >= 0.3 is 0 Å². The van der Waals surface area contributed by atoms with Gasteiger partial charge in [0.2, 0.25) is 0 Å². The van der Waals surface area contributed by atoms with Crippen LogP contribution in [0.4, 0.5) is 0 Å². The van der Waals surface area contributed by atoms with E-state index in [-0.39, 0.29) is 5.54 Å². The number of rotatable bonds is 7. The number of nitrogens with two attached hydrogens (primary N) is 1. The minimum absolute atomic E-state index is 0.279. The van der Waals surface area contributed by atoms with Gasteiger partial charge in [-0.15, -0.1) is 0 Å². The van der Waals surface area contributed by atoms with Gasteiger partial charge < -0.3 is 5.73 Å². The van der Waals surface area contributed by atoms with Crippen molar-refractivity contribution in [2.24, 2.45) is 5.73 Å². The van der Waals surface area contributed by atoms with Crippen LogP contribution in [0.5, 0.6) is 0 Å². The van der Waals surface area contributed by atoms with E-state index in [0.717, 1.165) is 12.6 Å². The molecule has 0 spiro atoms. The van der Waals surface area contributed by atoms with Gasteiger partial charge in [0.1, 0.15) is 0 Å². The molecule has 0 aliphatic carbocycles. The van der Waals surface area contributed by atoms with Crippen molar-refractivity contribution in [2.75, 3.05) is 13.1 Å². The standard InChI is InChI=1S/C16H34N2/c1-4-7-12-16(6-3,14-17)18-13-10-8-9-11-15(18)5-2/h15H,4-14,17H2,1-3H3. The molecule has 2 unspecified atom stereocenters. The molecular formula is C16H34N2. The van der Waals surface area contributed by atoms with Gasteiger partial charge in [-0.05, 0) is 38.6 Å². The van der Waals surface area contributed by atoms with Gasteiger partial charge in [0, 0.05) is 18.1 Å². The second-order valence-corrected chi connectivity index (χ2v) is 5.99. The van der Waals surface area contributed by atoms with Crippen molar-refractivity contribution < 1.29 is 0 Å². The van der Waals surface area contributed by atoms with E-state index in [2.05, 4.69) is 25.7 Å². The summed E-state index contributed by atoms with van der Waals surface area (Å²) in [5.74, 6) is 0. The highest BCUT2D eigenvalue weighted by atomic mass is 15.2. The van der Waals surface area contributed by atoms with Crippen LogP contribution in [0.3, 0.4) is 0 Å². The van der Waals surface area contributed by atoms with Crippen molar-refractivity contribution in [2.45, 2.75) is 90.1 Å². The lowest BCUT2D eigenvalue weighted by molar-refractivity contribution is 0.0354. The van der Waals surface area contributed by atoms with Gasteiger partial charge in [-0.2, -0.15) is 0 Å². The average molecular weight is 254 g/mol. The Bertz CT molecular complexity index is 211. The molecule has 0 aromatic rings. The third-order valence-corrected chi connectivity index (χ3v) is 4.99. The molecule has 0 radical (unpaired) electrons. The average Bonchev–Trinajstić information content (AvgIpc) is 2.66. The number of unbranched alkanes of at least 4 members (excludes halogenated alkanes) is 1. The lowest BCUT2D eigenvalue weighted by atomic mass is 9.85. The van der Waals surface area contributed by atoms with E-state index in [4.69, 9.17) is 5.73 Å². The van der Waals surface area contributed by atoms with Crippen LogP contribution >= 0.6 is 0 Å². The second kappa shape index (κ2) is 8.16. The van der Waals surface area contributed by atoms with Crippen molar-refractivity contribution >= 4 is 0 Å². The fourth-order valence-corrected chi connectivity index (χ4v) is 3.62. The van der Waals surface area contributed by atoms with Crippen LogP contribution in [0.1, 0.15) is 78.6 Å². The van der Waals surface area contributed by atoms with Crippen LogP contribution in [0.15, 0.2) is 0 Å². The Morgan fingerprint density at radius 3 is 2.50 bits per heavy atom. The Morgan fingerprint density at radius 2 is 1.94 bits per heavy atom. The molecule has 0 aromatic carbocycles. The van der Waals surface area contributed by atoms with E-state index in [1.54, 1.807) is 0 Å². The fraction of sp³-hybridized carbons (Fsp3) is 1.00. The molecule has 18 heavy (non-hydrogen) atoms. The number of hydrogen-bond acceptors (Lipinski definition) is 2. The van der Waals surface area contributed by atoms with Crippen LogP contribution in [0.25, 0.3) is 0 Å². The molecule has 2 heteroatoms. The monoisotopic (exact) mass is 254 g/mol. The molecular weight excluding hydrogens is 220 g/mol. The Hall–Kier alpha value is -0.0800. The summed E-state index contributed by atoms with van der Waals surface area (Å²) in [6.07, 6.45) is 11.9. The van der Waals surface area contributed by atoms with E-state index in [9.17, 15) is 0 Å². The van der Waals surface area contributed by atoms with Crippen molar-refractivity contribution in [1.82, 2.24) is 4.90 Å².